The van der Waals surface area contributed by atoms with E-state index in [1.54, 1.807) is 19.9 Å². The number of benzene rings is 2. The Labute approximate surface area is 148 Å². The van der Waals surface area contributed by atoms with Gasteiger partial charge >= 0.3 is 6.61 Å². The SMILES string of the molecule is Cc1cc(C)c([N+](=O)[O-])cc1NCC(=O)Nc1ccc(OC(F)F)cc1. The number of carbonyl (C=O) groups is 1. The van der Waals surface area contributed by atoms with Crippen molar-refractivity contribution in [1.82, 2.24) is 0 Å². The minimum absolute atomic E-state index is 0.0151. The number of carbonyl (C=O) groups excluding carboxylic acids is 1. The van der Waals surface area contributed by atoms with Crippen molar-refractivity contribution in [2.45, 2.75) is 20.5 Å². The molecule has 0 saturated carbocycles. The lowest BCUT2D eigenvalue weighted by molar-refractivity contribution is -0.385. The molecule has 2 aromatic rings. The first-order valence-electron chi connectivity index (χ1n) is 7.60. The molecule has 0 fully saturated rings. The van der Waals surface area contributed by atoms with E-state index in [-0.39, 0.29) is 18.0 Å². The summed E-state index contributed by atoms with van der Waals surface area (Å²) in [5.74, 6) is -0.408. The van der Waals surface area contributed by atoms with Crippen LogP contribution in [0.5, 0.6) is 5.75 Å². The number of anilines is 2. The van der Waals surface area contributed by atoms with Crippen molar-refractivity contribution >= 4 is 23.0 Å². The van der Waals surface area contributed by atoms with Gasteiger partial charge < -0.3 is 15.4 Å². The lowest BCUT2D eigenvalue weighted by atomic mass is 10.1. The number of nitro benzene ring substituents is 1. The average molecular weight is 365 g/mol. The van der Waals surface area contributed by atoms with Gasteiger partial charge in [0.05, 0.1) is 11.5 Å². The summed E-state index contributed by atoms with van der Waals surface area (Å²) in [7, 11) is 0. The molecule has 2 rings (SSSR count). The summed E-state index contributed by atoms with van der Waals surface area (Å²) in [5, 5.41) is 16.4. The van der Waals surface area contributed by atoms with Crippen molar-refractivity contribution < 1.29 is 23.2 Å². The third-order valence-electron chi connectivity index (χ3n) is 3.54. The Bertz CT molecular complexity index is 810. The van der Waals surface area contributed by atoms with Crippen molar-refractivity contribution in [1.29, 1.82) is 0 Å². The smallest absolute Gasteiger partial charge is 0.387 e. The Balaban J connectivity index is 1.96. The molecule has 138 valence electrons. The lowest BCUT2D eigenvalue weighted by Crippen LogP contribution is -2.22. The maximum absolute atomic E-state index is 12.1. The van der Waals surface area contributed by atoms with E-state index in [9.17, 15) is 23.7 Å². The zero-order valence-corrected chi connectivity index (χ0v) is 14.1. The molecular weight excluding hydrogens is 348 g/mol. The highest BCUT2D eigenvalue weighted by Crippen LogP contribution is 2.26. The van der Waals surface area contributed by atoms with Gasteiger partial charge in [-0.3, -0.25) is 14.9 Å². The lowest BCUT2D eigenvalue weighted by Gasteiger charge is -2.11. The Morgan fingerprint density at radius 2 is 1.85 bits per heavy atom. The predicted molar refractivity (Wildman–Crippen MR) is 92.8 cm³/mol. The molecule has 0 bridgehead atoms. The Morgan fingerprint density at radius 3 is 2.42 bits per heavy atom. The van der Waals surface area contributed by atoms with Crippen LogP contribution in [-0.2, 0) is 4.79 Å². The topological polar surface area (TPSA) is 93.5 Å². The largest absolute Gasteiger partial charge is 0.435 e. The minimum atomic E-state index is -2.92. The Hall–Kier alpha value is -3.23. The normalized spacial score (nSPS) is 10.5. The molecule has 0 atom stereocenters. The van der Waals surface area contributed by atoms with Crippen molar-refractivity contribution in [2.75, 3.05) is 17.2 Å². The van der Waals surface area contributed by atoms with Crippen LogP contribution in [-0.4, -0.2) is 24.0 Å². The first kappa shape index (κ1) is 19.1. The van der Waals surface area contributed by atoms with Crippen LogP contribution in [0.3, 0.4) is 0 Å². The molecule has 0 aliphatic carbocycles. The second-order valence-electron chi connectivity index (χ2n) is 5.52. The number of hydrogen-bond acceptors (Lipinski definition) is 5. The van der Waals surface area contributed by atoms with Crippen LogP contribution < -0.4 is 15.4 Å². The van der Waals surface area contributed by atoms with E-state index in [0.29, 0.717) is 16.9 Å². The Kier molecular flexibility index (Phi) is 6.05. The van der Waals surface area contributed by atoms with Crippen LogP contribution in [0.2, 0.25) is 0 Å². The van der Waals surface area contributed by atoms with E-state index in [1.165, 1.54) is 30.3 Å². The number of halogens is 2. The molecule has 0 aliphatic heterocycles. The van der Waals surface area contributed by atoms with Gasteiger partial charge in [0.2, 0.25) is 5.91 Å². The first-order chi connectivity index (χ1) is 12.3. The van der Waals surface area contributed by atoms with Gasteiger partial charge in [-0.15, -0.1) is 0 Å². The number of alkyl halides is 2. The van der Waals surface area contributed by atoms with E-state index in [2.05, 4.69) is 15.4 Å². The molecule has 7 nitrogen and oxygen atoms in total. The van der Waals surface area contributed by atoms with Gasteiger partial charge in [-0.25, -0.2) is 0 Å². The van der Waals surface area contributed by atoms with Gasteiger partial charge in [-0.2, -0.15) is 8.78 Å². The van der Waals surface area contributed by atoms with Gasteiger partial charge in [0.15, 0.2) is 0 Å². The molecule has 0 unspecified atom stereocenters. The maximum Gasteiger partial charge on any atom is 0.387 e. The number of nitrogens with zero attached hydrogens (tertiary/aromatic N) is 1. The first-order valence-corrected chi connectivity index (χ1v) is 7.60. The van der Waals surface area contributed by atoms with E-state index >= 15 is 0 Å². The fourth-order valence-corrected chi connectivity index (χ4v) is 2.33. The number of nitrogens with one attached hydrogen (secondary N) is 2. The summed E-state index contributed by atoms with van der Waals surface area (Å²) in [6.45, 7) is 0.388. The second kappa shape index (κ2) is 8.24. The van der Waals surface area contributed by atoms with Crippen molar-refractivity contribution in [3.63, 3.8) is 0 Å². The summed E-state index contributed by atoms with van der Waals surface area (Å²) < 4.78 is 28.4. The van der Waals surface area contributed by atoms with E-state index in [1.807, 2.05) is 0 Å². The quantitative estimate of drug-likeness (QED) is 0.574. The molecule has 1 amide bonds. The molecular formula is C17H17F2N3O4. The third kappa shape index (κ3) is 5.13. The molecule has 2 N–H and O–H groups in total. The molecule has 0 heterocycles. The number of hydrogen-bond donors (Lipinski definition) is 2. The van der Waals surface area contributed by atoms with E-state index in [0.717, 1.165) is 5.56 Å². The molecule has 0 saturated heterocycles. The fourth-order valence-electron chi connectivity index (χ4n) is 2.33. The average Bonchev–Trinajstić information content (AvgIpc) is 2.55. The maximum atomic E-state index is 12.1. The van der Waals surface area contributed by atoms with Crippen molar-refractivity contribution in [3.05, 3.63) is 57.6 Å². The highest BCUT2D eigenvalue weighted by Gasteiger charge is 2.14. The molecule has 2 aromatic carbocycles. The number of aryl methyl sites for hydroxylation is 2. The molecule has 0 radical (unpaired) electrons. The van der Waals surface area contributed by atoms with Crippen LogP contribution in [0.1, 0.15) is 11.1 Å². The summed E-state index contributed by atoms with van der Waals surface area (Å²) in [4.78, 5) is 22.5. The van der Waals surface area contributed by atoms with Crippen LogP contribution >= 0.6 is 0 Å². The standard InChI is InChI=1S/C17H17F2N3O4/c1-10-7-11(2)15(22(24)25)8-14(10)20-9-16(23)21-12-3-5-13(6-4-12)26-17(18)19/h3-8,17,20H,9H2,1-2H3,(H,21,23). The molecule has 0 aromatic heterocycles. The summed E-state index contributed by atoms with van der Waals surface area (Å²) in [5.41, 5.74) is 2.17. The summed E-state index contributed by atoms with van der Waals surface area (Å²) in [6.07, 6.45) is 0. The third-order valence-corrected chi connectivity index (χ3v) is 3.54. The van der Waals surface area contributed by atoms with Crippen molar-refractivity contribution in [2.24, 2.45) is 0 Å². The van der Waals surface area contributed by atoms with Gasteiger partial charge in [-0.1, -0.05) is 0 Å². The fraction of sp³-hybridized carbons (Fsp3) is 0.235. The van der Waals surface area contributed by atoms with Crippen LogP contribution in [0.25, 0.3) is 0 Å². The highest BCUT2D eigenvalue weighted by atomic mass is 19.3. The Morgan fingerprint density at radius 1 is 1.19 bits per heavy atom. The van der Waals surface area contributed by atoms with E-state index < -0.39 is 17.4 Å². The zero-order valence-electron chi connectivity index (χ0n) is 14.1. The van der Waals surface area contributed by atoms with Crippen LogP contribution in [0, 0.1) is 24.0 Å². The predicted octanol–water partition coefficient (Wildman–Crippen LogP) is 3.86. The van der Waals surface area contributed by atoms with Crippen LogP contribution in [0.15, 0.2) is 36.4 Å². The number of ether oxygens (including phenoxy) is 1. The summed E-state index contributed by atoms with van der Waals surface area (Å²) in [6, 6.07) is 8.52. The number of amides is 1. The van der Waals surface area contributed by atoms with Crippen LogP contribution in [0.4, 0.5) is 25.8 Å². The second-order valence-corrected chi connectivity index (χ2v) is 5.52. The van der Waals surface area contributed by atoms with Gasteiger partial charge in [0.1, 0.15) is 5.75 Å². The zero-order chi connectivity index (χ0) is 19.3. The minimum Gasteiger partial charge on any atom is -0.435 e. The molecule has 9 heteroatoms. The molecule has 0 aliphatic rings. The van der Waals surface area contributed by atoms with Gasteiger partial charge in [0, 0.05) is 23.0 Å². The van der Waals surface area contributed by atoms with E-state index in [4.69, 9.17) is 0 Å². The van der Waals surface area contributed by atoms with Gasteiger partial charge in [-0.05, 0) is 49.7 Å². The number of nitro groups is 1. The highest BCUT2D eigenvalue weighted by molar-refractivity contribution is 5.93. The number of rotatable bonds is 7. The monoisotopic (exact) mass is 365 g/mol. The van der Waals surface area contributed by atoms with Crippen molar-refractivity contribution in [3.8, 4) is 5.75 Å². The summed E-state index contributed by atoms with van der Waals surface area (Å²) >= 11 is 0. The molecule has 26 heavy (non-hydrogen) atoms. The molecule has 0 spiro atoms. The van der Waals surface area contributed by atoms with Gasteiger partial charge in [0.25, 0.3) is 5.69 Å².